The van der Waals surface area contributed by atoms with Crippen LogP contribution in [0, 0.1) is 0 Å². The average molecular weight is 686 g/mol. The Hall–Kier alpha value is -7.10. The van der Waals surface area contributed by atoms with E-state index in [1.54, 1.807) is 0 Å². The van der Waals surface area contributed by atoms with Crippen LogP contribution in [0.3, 0.4) is 0 Å². The van der Waals surface area contributed by atoms with E-state index in [1.165, 1.54) is 94.1 Å². The van der Waals surface area contributed by atoms with Gasteiger partial charge in [-0.2, -0.15) is 0 Å². The van der Waals surface area contributed by atoms with Gasteiger partial charge in [0.25, 0.3) is 0 Å². The van der Waals surface area contributed by atoms with E-state index in [0.29, 0.717) is 0 Å². The van der Waals surface area contributed by atoms with Gasteiger partial charge in [-0.25, -0.2) is 0 Å². The minimum atomic E-state index is -0.502. The van der Waals surface area contributed by atoms with Gasteiger partial charge >= 0.3 is 0 Å². The molecule has 1 aliphatic carbocycles. The number of fused-ring (bicyclic) bond motifs is 19. The second kappa shape index (κ2) is 10.1. The highest BCUT2D eigenvalue weighted by molar-refractivity contribution is 6.14. The number of hydrogen-bond acceptors (Lipinski definition) is 1. The molecular weight excluding hydrogens is 655 g/mol. The van der Waals surface area contributed by atoms with Crippen molar-refractivity contribution in [2.75, 3.05) is 5.32 Å². The zero-order chi connectivity index (χ0) is 35.1. The fourth-order valence-electron chi connectivity index (χ4n) is 10.4. The third kappa shape index (κ3) is 3.34. The summed E-state index contributed by atoms with van der Waals surface area (Å²) < 4.78 is 2.53. The first-order chi connectivity index (χ1) is 26.8. The molecule has 0 amide bonds. The van der Waals surface area contributed by atoms with Gasteiger partial charge in [0.2, 0.25) is 0 Å². The molecule has 2 N–H and O–H groups in total. The molecule has 13 rings (SSSR count). The molecule has 0 saturated carbocycles. The second-order valence-electron chi connectivity index (χ2n) is 14.9. The Labute approximate surface area is 311 Å². The number of nitrogens with zero attached hydrogens (tertiary/aromatic N) is 1. The van der Waals surface area contributed by atoms with E-state index in [9.17, 15) is 0 Å². The standard InChI is InChI=1S/C51H31N3/c1-6-21-39-32(13-1)33-14-2-7-22-40(33)51(39)41-23-12-19-35-34-15-5-10-26-45(34)54(50(35)41)46-28-27-30(29-42(46)51)31-18-11-20-38-47-36-16-3-8-24-43(36)53-49(47)37-17-4-9-25-44(37)52-48(31)38/h1-29,52-53H. The summed E-state index contributed by atoms with van der Waals surface area (Å²) in [7, 11) is 0. The molecule has 3 heteroatoms. The van der Waals surface area contributed by atoms with Crippen LogP contribution >= 0.6 is 0 Å². The SMILES string of the molecule is c1ccc2c(c1)Nc1c(-c3ccc4c(c3)C3(c5ccccc5-c5ccccc53)c3cccc5c6ccccc6n-4c35)cccc1-c1c-2[nH]c2ccccc12. The third-order valence-corrected chi connectivity index (χ3v) is 12.5. The van der Waals surface area contributed by atoms with E-state index in [4.69, 9.17) is 0 Å². The van der Waals surface area contributed by atoms with Gasteiger partial charge in [-0.3, -0.25) is 0 Å². The number of para-hydroxylation sites is 5. The Morgan fingerprint density at radius 2 is 1.07 bits per heavy atom. The summed E-state index contributed by atoms with van der Waals surface area (Å²) in [5.41, 5.74) is 21.7. The molecule has 4 heterocycles. The van der Waals surface area contributed by atoms with Crippen molar-refractivity contribution < 1.29 is 0 Å². The summed E-state index contributed by atoms with van der Waals surface area (Å²) in [5.74, 6) is 0. The highest BCUT2D eigenvalue weighted by atomic mass is 15.0. The van der Waals surface area contributed by atoms with Gasteiger partial charge < -0.3 is 14.9 Å². The van der Waals surface area contributed by atoms with Gasteiger partial charge in [0, 0.05) is 49.6 Å². The van der Waals surface area contributed by atoms with E-state index in [-0.39, 0.29) is 0 Å². The van der Waals surface area contributed by atoms with Crippen molar-refractivity contribution in [3.05, 3.63) is 198 Å². The maximum absolute atomic E-state index is 3.97. The maximum Gasteiger partial charge on any atom is 0.0754 e. The fourth-order valence-corrected chi connectivity index (χ4v) is 10.4. The quantitative estimate of drug-likeness (QED) is 0.177. The number of nitrogens with one attached hydrogen (secondary N) is 2. The Balaban J connectivity index is 1.16. The minimum absolute atomic E-state index is 0.502. The Morgan fingerprint density at radius 3 is 1.93 bits per heavy atom. The van der Waals surface area contributed by atoms with Gasteiger partial charge in [0.15, 0.2) is 0 Å². The van der Waals surface area contributed by atoms with Crippen LogP contribution in [-0.4, -0.2) is 9.55 Å². The monoisotopic (exact) mass is 685 g/mol. The number of aromatic amines is 1. The van der Waals surface area contributed by atoms with Crippen molar-refractivity contribution in [2.45, 2.75) is 5.41 Å². The zero-order valence-electron chi connectivity index (χ0n) is 29.2. The summed E-state index contributed by atoms with van der Waals surface area (Å²) in [6.07, 6.45) is 0. The Kier molecular flexibility index (Phi) is 5.31. The van der Waals surface area contributed by atoms with Crippen molar-refractivity contribution in [2.24, 2.45) is 0 Å². The summed E-state index contributed by atoms with van der Waals surface area (Å²) in [5, 5.41) is 7.78. The zero-order valence-corrected chi connectivity index (χ0v) is 29.2. The summed E-state index contributed by atoms with van der Waals surface area (Å²) in [6.45, 7) is 0. The molecule has 2 aliphatic heterocycles. The van der Waals surface area contributed by atoms with Crippen LogP contribution in [0.15, 0.2) is 176 Å². The lowest BCUT2D eigenvalue weighted by atomic mass is 9.65. The molecule has 8 aromatic carbocycles. The lowest BCUT2D eigenvalue weighted by molar-refractivity contribution is 0.749. The van der Waals surface area contributed by atoms with Gasteiger partial charge in [0.05, 0.1) is 33.5 Å². The molecule has 0 fully saturated rings. The van der Waals surface area contributed by atoms with Crippen LogP contribution in [0.4, 0.5) is 11.4 Å². The Bertz CT molecular complexity index is 3220. The molecule has 250 valence electrons. The first-order valence-electron chi connectivity index (χ1n) is 18.8. The average Bonchev–Trinajstić information content (AvgIpc) is 3.85. The van der Waals surface area contributed by atoms with Crippen LogP contribution in [0.25, 0.3) is 83.0 Å². The lowest BCUT2D eigenvalue weighted by Gasteiger charge is -2.40. The van der Waals surface area contributed by atoms with E-state index in [1.807, 2.05) is 0 Å². The first kappa shape index (κ1) is 28.5. The summed E-state index contributed by atoms with van der Waals surface area (Å²) in [4.78, 5) is 3.79. The number of anilines is 2. The smallest absolute Gasteiger partial charge is 0.0754 e. The van der Waals surface area contributed by atoms with Crippen molar-refractivity contribution in [3.63, 3.8) is 0 Å². The molecule has 10 aromatic rings. The van der Waals surface area contributed by atoms with Crippen molar-refractivity contribution in [3.8, 4) is 50.3 Å². The van der Waals surface area contributed by atoms with E-state index < -0.39 is 5.41 Å². The topological polar surface area (TPSA) is 32.8 Å². The molecule has 0 bridgehead atoms. The van der Waals surface area contributed by atoms with Gasteiger partial charge in [0.1, 0.15) is 0 Å². The van der Waals surface area contributed by atoms with Crippen LogP contribution < -0.4 is 5.32 Å². The van der Waals surface area contributed by atoms with Crippen LogP contribution in [-0.2, 0) is 5.41 Å². The molecule has 2 aromatic heterocycles. The second-order valence-corrected chi connectivity index (χ2v) is 14.9. The van der Waals surface area contributed by atoms with Crippen LogP contribution in [0.2, 0.25) is 0 Å². The number of aromatic nitrogens is 2. The fraction of sp³-hybridized carbons (Fsp3) is 0.0196. The molecule has 54 heavy (non-hydrogen) atoms. The van der Waals surface area contributed by atoms with E-state index in [0.717, 1.165) is 22.6 Å². The van der Waals surface area contributed by atoms with Crippen LogP contribution in [0.1, 0.15) is 22.3 Å². The minimum Gasteiger partial charge on any atom is -0.354 e. The molecule has 0 atom stereocenters. The number of hydrogen-bond donors (Lipinski definition) is 2. The normalized spacial score (nSPS) is 13.9. The number of H-pyrrole nitrogens is 1. The number of rotatable bonds is 1. The van der Waals surface area contributed by atoms with Crippen molar-refractivity contribution >= 4 is 44.1 Å². The molecular formula is C51H31N3. The van der Waals surface area contributed by atoms with Crippen molar-refractivity contribution in [1.82, 2.24) is 9.55 Å². The molecule has 3 nitrogen and oxygen atoms in total. The third-order valence-electron chi connectivity index (χ3n) is 12.5. The molecule has 0 saturated heterocycles. The largest absolute Gasteiger partial charge is 0.354 e. The lowest BCUT2D eigenvalue weighted by Crippen LogP contribution is -2.33. The molecule has 1 spiro atoms. The summed E-state index contributed by atoms with van der Waals surface area (Å²) >= 11 is 0. The predicted octanol–water partition coefficient (Wildman–Crippen LogP) is 13.0. The van der Waals surface area contributed by atoms with E-state index >= 15 is 0 Å². The van der Waals surface area contributed by atoms with Gasteiger partial charge in [-0.1, -0.05) is 146 Å². The maximum atomic E-state index is 3.97. The Morgan fingerprint density at radius 1 is 0.444 bits per heavy atom. The predicted molar refractivity (Wildman–Crippen MR) is 223 cm³/mol. The highest BCUT2D eigenvalue weighted by Crippen LogP contribution is 2.61. The van der Waals surface area contributed by atoms with Crippen molar-refractivity contribution in [1.29, 1.82) is 0 Å². The molecule has 3 aliphatic rings. The molecule has 0 unspecified atom stereocenters. The van der Waals surface area contributed by atoms with E-state index in [2.05, 4.69) is 191 Å². The summed E-state index contributed by atoms with van der Waals surface area (Å²) in [6, 6.07) is 65.4. The van der Waals surface area contributed by atoms with Crippen LogP contribution in [0.5, 0.6) is 0 Å². The number of benzene rings is 8. The first-order valence-corrected chi connectivity index (χ1v) is 18.8. The van der Waals surface area contributed by atoms with Gasteiger partial charge in [-0.05, 0) is 69.3 Å². The van der Waals surface area contributed by atoms with Gasteiger partial charge in [-0.15, -0.1) is 0 Å². The highest BCUT2D eigenvalue weighted by Gasteiger charge is 2.50. The molecule has 0 radical (unpaired) electrons.